The molecule has 180 valence electrons. The zero-order valence-corrected chi connectivity index (χ0v) is 19.5. The maximum atomic E-state index is 14.2. The second-order valence-electron chi connectivity index (χ2n) is 8.72. The molecule has 2 aliphatic rings. The first-order valence-electron chi connectivity index (χ1n) is 11.4. The molecule has 9 heteroatoms. The fraction of sp³-hybridized carbons (Fsp3) is 0.269. The molecule has 6 nitrogen and oxygen atoms in total. The summed E-state index contributed by atoms with van der Waals surface area (Å²) in [5.41, 5.74) is 2.90. The van der Waals surface area contributed by atoms with Gasteiger partial charge in [0.25, 0.3) is 0 Å². The van der Waals surface area contributed by atoms with Crippen LogP contribution in [0.3, 0.4) is 0 Å². The Labute approximate surface area is 201 Å². The number of rotatable bonds is 5. The number of ether oxygens (including phenoxy) is 1. The Morgan fingerprint density at radius 2 is 1.91 bits per heavy atom. The molecule has 1 unspecified atom stereocenters. The van der Waals surface area contributed by atoms with Crippen LogP contribution in [0.5, 0.6) is 5.75 Å². The van der Waals surface area contributed by atoms with Crippen molar-refractivity contribution in [3.05, 3.63) is 89.5 Å². The van der Waals surface area contributed by atoms with Crippen molar-refractivity contribution in [3.63, 3.8) is 0 Å². The monoisotopic (exact) mass is 480 g/mol. The van der Waals surface area contributed by atoms with Gasteiger partial charge in [-0.1, -0.05) is 17.3 Å². The first-order chi connectivity index (χ1) is 16.9. The number of hydrogen-bond donors (Lipinski definition) is 0. The molecule has 0 saturated carbocycles. The molecule has 0 saturated heterocycles. The van der Waals surface area contributed by atoms with E-state index in [0.29, 0.717) is 18.1 Å². The van der Waals surface area contributed by atoms with Crippen LogP contribution in [-0.4, -0.2) is 29.4 Å². The third-order valence-corrected chi connectivity index (χ3v) is 6.51. The van der Waals surface area contributed by atoms with Gasteiger partial charge in [-0.05, 0) is 56.0 Å². The van der Waals surface area contributed by atoms with Gasteiger partial charge in [-0.3, -0.25) is 0 Å². The van der Waals surface area contributed by atoms with E-state index in [9.17, 15) is 13.2 Å². The van der Waals surface area contributed by atoms with E-state index in [1.165, 1.54) is 0 Å². The fourth-order valence-corrected chi connectivity index (χ4v) is 4.74. The highest BCUT2D eigenvalue weighted by Gasteiger charge is 2.48. The number of allylic oxidation sites excluding steroid dienone is 1. The topological polar surface area (TPSA) is 51.8 Å². The Bertz CT molecular complexity index is 1340. The summed E-state index contributed by atoms with van der Waals surface area (Å²) >= 11 is 0. The van der Waals surface area contributed by atoms with Gasteiger partial charge >= 0.3 is 0 Å². The Morgan fingerprint density at radius 3 is 2.63 bits per heavy atom. The molecular weight excluding hydrogens is 455 g/mol. The number of methoxy groups -OCH3 is 1. The molecule has 0 bridgehead atoms. The summed E-state index contributed by atoms with van der Waals surface area (Å²) in [4.78, 5) is 4.27. The van der Waals surface area contributed by atoms with Crippen molar-refractivity contribution in [2.24, 2.45) is 10.2 Å². The van der Waals surface area contributed by atoms with Gasteiger partial charge in [0.05, 0.1) is 31.4 Å². The lowest BCUT2D eigenvalue weighted by atomic mass is 10.1. The highest BCUT2D eigenvalue weighted by Crippen LogP contribution is 2.42. The number of hydrogen-bond acceptors (Lipinski definition) is 4. The lowest BCUT2D eigenvalue weighted by molar-refractivity contribution is 0.318. The molecule has 0 fully saturated rings. The van der Waals surface area contributed by atoms with Gasteiger partial charge in [-0.2, -0.15) is 0 Å². The number of aromatic nitrogens is 2. The van der Waals surface area contributed by atoms with E-state index in [-0.39, 0.29) is 10.2 Å². The third kappa shape index (κ3) is 4.05. The predicted octanol–water partition coefficient (Wildman–Crippen LogP) is 6.44. The molecule has 0 N–H and O–H groups in total. The van der Waals surface area contributed by atoms with Crippen LogP contribution in [0.15, 0.2) is 71.1 Å². The number of fused-ring (bicyclic) bond motifs is 1. The van der Waals surface area contributed by atoms with Crippen molar-refractivity contribution in [1.82, 2.24) is 14.0 Å². The lowest BCUT2D eigenvalue weighted by Gasteiger charge is -2.35. The van der Waals surface area contributed by atoms with E-state index in [0.717, 1.165) is 48.3 Å². The summed E-state index contributed by atoms with van der Waals surface area (Å²) in [7, 11) is 1.60. The van der Waals surface area contributed by atoms with E-state index < -0.39 is 23.6 Å². The molecule has 2 atom stereocenters. The summed E-state index contributed by atoms with van der Waals surface area (Å²) < 4.78 is 49.7. The Morgan fingerprint density at radius 1 is 1.11 bits per heavy atom. The largest absolute Gasteiger partial charge is 0.495 e. The first kappa shape index (κ1) is 23.0. The van der Waals surface area contributed by atoms with Gasteiger partial charge in [0.1, 0.15) is 11.4 Å². The quantitative estimate of drug-likeness (QED) is 0.312. The number of halogens is 3. The van der Waals surface area contributed by atoms with Crippen molar-refractivity contribution in [3.8, 4) is 11.4 Å². The fourth-order valence-electron chi connectivity index (χ4n) is 4.74. The van der Waals surface area contributed by atoms with Gasteiger partial charge in [-0.25, -0.2) is 22.6 Å². The molecule has 1 aromatic heterocycles. The summed E-state index contributed by atoms with van der Waals surface area (Å²) in [5.74, 6) is -2.64. The van der Waals surface area contributed by atoms with Gasteiger partial charge in [0, 0.05) is 18.3 Å². The van der Waals surface area contributed by atoms with Gasteiger partial charge in [0.2, 0.25) is 12.0 Å². The van der Waals surface area contributed by atoms with Gasteiger partial charge in [-0.15, -0.1) is 5.11 Å². The summed E-state index contributed by atoms with van der Waals surface area (Å²) in [6.45, 7) is 2.46. The average Bonchev–Trinajstić information content (AvgIpc) is 3.37. The van der Waals surface area contributed by atoms with Crippen molar-refractivity contribution in [2.45, 2.75) is 32.4 Å². The predicted molar refractivity (Wildman–Crippen MR) is 127 cm³/mol. The molecule has 0 aliphatic carbocycles. The molecule has 3 heterocycles. The van der Waals surface area contributed by atoms with E-state index in [2.05, 4.69) is 15.2 Å². The van der Waals surface area contributed by atoms with Crippen LogP contribution >= 0.6 is 0 Å². The second kappa shape index (κ2) is 9.14. The number of benzene rings is 2. The SMILES string of the molecule is COc1cc(/C=C/C2N=NC3=CCCCC[N@+]32c2cc(F)c(F)c(F)c2)ccc1-n1cnc(C)c1. The molecule has 0 amide bonds. The maximum absolute atomic E-state index is 14.2. The van der Waals surface area contributed by atoms with Crippen molar-refractivity contribution in [2.75, 3.05) is 13.7 Å². The lowest BCUT2D eigenvalue weighted by Crippen LogP contribution is -2.51. The molecule has 35 heavy (non-hydrogen) atoms. The van der Waals surface area contributed by atoms with Crippen molar-refractivity contribution < 1.29 is 17.9 Å². The molecule has 0 radical (unpaired) electrons. The van der Waals surface area contributed by atoms with E-state index in [1.54, 1.807) is 13.4 Å². The normalized spacial score (nSPS) is 21.7. The minimum absolute atomic E-state index is 0.0220. The van der Waals surface area contributed by atoms with E-state index in [1.807, 2.05) is 54.1 Å². The zero-order chi connectivity index (χ0) is 24.6. The Hall–Kier alpha value is -3.72. The Kier molecular flexibility index (Phi) is 6.02. The van der Waals surface area contributed by atoms with Crippen LogP contribution < -0.4 is 9.22 Å². The Balaban J connectivity index is 1.53. The second-order valence-corrected chi connectivity index (χ2v) is 8.72. The molecule has 2 aliphatic heterocycles. The summed E-state index contributed by atoms with van der Waals surface area (Å²) in [6, 6.07) is 7.88. The number of imidazole rings is 1. The number of azo groups is 1. The number of aryl methyl sites for hydroxylation is 1. The van der Waals surface area contributed by atoms with E-state index >= 15 is 0 Å². The number of nitrogens with zero attached hydrogens (tertiary/aromatic N) is 5. The minimum atomic E-state index is -1.48. The van der Waals surface area contributed by atoms with Crippen LogP contribution in [-0.2, 0) is 0 Å². The van der Waals surface area contributed by atoms with Gasteiger partial charge < -0.3 is 9.30 Å². The van der Waals surface area contributed by atoms with Crippen LogP contribution in [0, 0.1) is 24.4 Å². The van der Waals surface area contributed by atoms with E-state index in [4.69, 9.17) is 4.74 Å². The standard InChI is InChI=1S/C26H25F3N5O/c1-17-15-33(16-30-17)22-9-7-18(12-23(22)35-2)8-10-25-32-31-24-6-4-3-5-11-34(24,25)19-13-20(27)26(29)21(28)14-19/h6-10,12-16,25H,3-5,11H2,1-2H3/q+1/b10-8+/t25?,34-/m0/s1. The third-order valence-electron chi connectivity index (χ3n) is 6.51. The van der Waals surface area contributed by atoms with Crippen LogP contribution in [0.1, 0.15) is 30.5 Å². The van der Waals surface area contributed by atoms with Crippen molar-refractivity contribution in [1.29, 1.82) is 0 Å². The van der Waals surface area contributed by atoms with Crippen molar-refractivity contribution >= 4 is 11.8 Å². The number of quaternary nitrogens is 1. The molecule has 0 spiro atoms. The van der Waals surface area contributed by atoms with Crippen LogP contribution in [0.25, 0.3) is 11.8 Å². The highest BCUT2D eigenvalue weighted by atomic mass is 19.2. The van der Waals surface area contributed by atoms with Crippen LogP contribution in [0.4, 0.5) is 18.9 Å². The van der Waals surface area contributed by atoms with Crippen LogP contribution in [0.2, 0.25) is 0 Å². The minimum Gasteiger partial charge on any atom is -0.495 e. The molecule has 3 aromatic rings. The molecule has 5 rings (SSSR count). The highest BCUT2D eigenvalue weighted by molar-refractivity contribution is 5.60. The molecule has 2 aromatic carbocycles. The van der Waals surface area contributed by atoms with Gasteiger partial charge in [0.15, 0.2) is 17.5 Å². The average molecular weight is 481 g/mol. The molecular formula is C26H25F3N5O+. The first-order valence-corrected chi connectivity index (χ1v) is 11.4. The smallest absolute Gasteiger partial charge is 0.249 e. The summed E-state index contributed by atoms with van der Waals surface area (Å²) in [6.07, 6.45) is 11.3. The zero-order valence-electron chi connectivity index (χ0n) is 19.5. The maximum Gasteiger partial charge on any atom is 0.249 e. The summed E-state index contributed by atoms with van der Waals surface area (Å²) in [5, 5.41) is 8.80.